The van der Waals surface area contributed by atoms with Crippen LogP contribution in [0, 0.1) is 6.92 Å². The third kappa shape index (κ3) is 6.72. The van der Waals surface area contributed by atoms with Crippen molar-refractivity contribution >= 4 is 60.6 Å². The highest BCUT2D eigenvalue weighted by atomic mass is 79.9. The lowest BCUT2D eigenvalue weighted by Crippen LogP contribution is -2.23. The van der Waals surface area contributed by atoms with Crippen molar-refractivity contribution in [2.24, 2.45) is 5.10 Å². The highest BCUT2D eigenvalue weighted by Crippen LogP contribution is 2.23. The molecule has 7 nitrogen and oxygen atoms in total. The van der Waals surface area contributed by atoms with Gasteiger partial charge in [-0.3, -0.25) is 9.59 Å². The van der Waals surface area contributed by atoms with Gasteiger partial charge in [-0.1, -0.05) is 63.4 Å². The van der Waals surface area contributed by atoms with Crippen molar-refractivity contribution in [2.75, 3.05) is 11.9 Å². The molecule has 4 rings (SSSR count). The molecule has 37 heavy (non-hydrogen) atoms. The molecule has 0 fully saturated rings. The molecule has 0 aliphatic rings. The smallest absolute Gasteiger partial charge is 0.282 e. The number of hydrogen-bond donors (Lipinski definition) is 1. The van der Waals surface area contributed by atoms with Crippen molar-refractivity contribution in [3.63, 3.8) is 0 Å². The maximum Gasteiger partial charge on any atom is 0.282 e. The van der Waals surface area contributed by atoms with Gasteiger partial charge in [0.2, 0.25) is 0 Å². The van der Waals surface area contributed by atoms with Crippen molar-refractivity contribution in [1.82, 2.24) is 9.66 Å². The normalized spacial score (nSPS) is 11.2. The van der Waals surface area contributed by atoms with E-state index >= 15 is 0 Å². The summed E-state index contributed by atoms with van der Waals surface area (Å²) in [4.78, 5) is 30.6. The number of halogens is 2. The third-order valence-corrected chi connectivity index (χ3v) is 6.68. The zero-order valence-corrected chi connectivity index (χ0v) is 23.7. The number of amides is 1. The van der Waals surface area contributed by atoms with Crippen LogP contribution in [-0.2, 0) is 11.2 Å². The Bertz CT molecular complexity index is 1530. The number of hydrogen-bond acceptors (Lipinski definition) is 5. The third-order valence-electron chi connectivity index (χ3n) is 5.69. The van der Waals surface area contributed by atoms with Crippen LogP contribution in [0.3, 0.4) is 0 Å². The molecular weight excluding hydrogens is 600 g/mol. The van der Waals surface area contributed by atoms with Crippen molar-refractivity contribution in [2.45, 2.75) is 33.1 Å². The number of rotatable bonds is 9. The van der Waals surface area contributed by atoms with Crippen molar-refractivity contribution in [3.05, 3.63) is 96.9 Å². The van der Waals surface area contributed by atoms with Gasteiger partial charge in [-0.15, -0.1) is 0 Å². The summed E-state index contributed by atoms with van der Waals surface area (Å²) < 4.78 is 8.78. The monoisotopic (exact) mass is 624 g/mol. The predicted molar refractivity (Wildman–Crippen MR) is 155 cm³/mol. The average molecular weight is 626 g/mol. The number of benzene rings is 3. The molecule has 4 aromatic rings. The van der Waals surface area contributed by atoms with Gasteiger partial charge in [0.15, 0.2) is 6.61 Å². The van der Waals surface area contributed by atoms with Gasteiger partial charge >= 0.3 is 0 Å². The van der Waals surface area contributed by atoms with Gasteiger partial charge in [0, 0.05) is 26.6 Å². The summed E-state index contributed by atoms with van der Waals surface area (Å²) in [6, 6.07) is 18.4. The van der Waals surface area contributed by atoms with E-state index in [1.54, 1.807) is 18.3 Å². The second-order valence-electron chi connectivity index (χ2n) is 8.49. The van der Waals surface area contributed by atoms with Crippen molar-refractivity contribution in [1.29, 1.82) is 0 Å². The highest BCUT2D eigenvalue weighted by molar-refractivity contribution is 9.10. The van der Waals surface area contributed by atoms with Crippen LogP contribution in [0.2, 0.25) is 0 Å². The molecule has 0 aliphatic carbocycles. The molecule has 0 bridgehead atoms. The van der Waals surface area contributed by atoms with E-state index < -0.39 is 0 Å². The minimum atomic E-state index is -0.275. The van der Waals surface area contributed by atoms with E-state index in [1.165, 1.54) is 4.68 Å². The van der Waals surface area contributed by atoms with Crippen LogP contribution in [0.15, 0.2) is 79.5 Å². The summed E-state index contributed by atoms with van der Waals surface area (Å²) in [5.74, 6) is 0.780. The summed E-state index contributed by atoms with van der Waals surface area (Å²) in [5, 5.41) is 7.85. The first kappa shape index (κ1) is 26.8. The van der Waals surface area contributed by atoms with Crippen LogP contribution in [0.5, 0.6) is 5.75 Å². The minimum absolute atomic E-state index is 0.177. The zero-order chi connectivity index (χ0) is 26.4. The van der Waals surface area contributed by atoms with Crippen LogP contribution >= 0.6 is 31.9 Å². The number of unbranched alkanes of at least 4 members (excludes halogenated alkanes) is 1. The number of fused-ring (bicyclic) bond motifs is 1. The van der Waals surface area contributed by atoms with Gasteiger partial charge in [0.25, 0.3) is 11.5 Å². The molecule has 0 unspecified atom stereocenters. The molecule has 1 heterocycles. The first-order chi connectivity index (χ1) is 17.9. The van der Waals surface area contributed by atoms with E-state index in [9.17, 15) is 9.59 Å². The molecule has 9 heteroatoms. The Hall–Kier alpha value is -3.30. The van der Waals surface area contributed by atoms with Gasteiger partial charge < -0.3 is 10.1 Å². The number of nitrogens with one attached hydrogen (secondary N) is 1. The van der Waals surface area contributed by atoms with Crippen molar-refractivity contribution < 1.29 is 9.53 Å². The number of ether oxygens (including phenoxy) is 1. The second kappa shape index (κ2) is 12.3. The number of carbonyl (C=O) groups excluding carboxylic acids is 1. The Balaban J connectivity index is 1.62. The lowest BCUT2D eigenvalue weighted by molar-refractivity contribution is -0.118. The Labute approximate surface area is 231 Å². The van der Waals surface area contributed by atoms with Crippen LogP contribution in [0.25, 0.3) is 10.9 Å². The molecule has 1 aromatic heterocycles. The second-order valence-corrected chi connectivity index (χ2v) is 10.3. The zero-order valence-electron chi connectivity index (χ0n) is 20.5. The molecule has 0 aliphatic heterocycles. The summed E-state index contributed by atoms with van der Waals surface area (Å²) in [7, 11) is 0. The fourth-order valence-electron chi connectivity index (χ4n) is 3.72. The number of aryl methyl sites for hydroxylation is 2. The number of carbonyl (C=O) groups is 1. The van der Waals surface area contributed by atoms with Gasteiger partial charge in [0.1, 0.15) is 11.6 Å². The number of anilines is 1. The molecular formula is C28H26Br2N4O3. The number of nitrogens with zero attached hydrogens (tertiary/aromatic N) is 3. The van der Waals surface area contributed by atoms with Gasteiger partial charge in [-0.05, 0) is 61.4 Å². The van der Waals surface area contributed by atoms with Crippen LogP contribution in [-0.4, -0.2) is 28.4 Å². The molecule has 3 aromatic carbocycles. The number of para-hydroxylation sites is 1. The Kier molecular flexibility index (Phi) is 8.89. The molecule has 0 radical (unpaired) electrons. The number of aromatic nitrogens is 2. The topological polar surface area (TPSA) is 85.6 Å². The SMILES string of the molecule is CCCCc1nc2ccc(Br)cc2c(=O)n1N=Cc1cc(Br)ccc1OCC(=O)Nc1ccccc1C. The fourth-order valence-corrected chi connectivity index (χ4v) is 4.46. The predicted octanol–water partition coefficient (Wildman–Crippen LogP) is 6.47. The molecule has 1 amide bonds. The van der Waals surface area contributed by atoms with Crippen LogP contribution in [0.1, 0.15) is 36.7 Å². The van der Waals surface area contributed by atoms with E-state index in [1.807, 2.05) is 55.5 Å². The van der Waals surface area contributed by atoms with Crippen LogP contribution < -0.4 is 15.6 Å². The summed E-state index contributed by atoms with van der Waals surface area (Å²) in [6.07, 6.45) is 4.02. The Morgan fingerprint density at radius 1 is 1.11 bits per heavy atom. The van der Waals surface area contributed by atoms with Gasteiger partial charge in [0.05, 0.1) is 17.1 Å². The Morgan fingerprint density at radius 3 is 2.65 bits per heavy atom. The maximum atomic E-state index is 13.3. The molecule has 0 atom stereocenters. The highest BCUT2D eigenvalue weighted by Gasteiger charge is 2.12. The minimum Gasteiger partial charge on any atom is -0.483 e. The molecule has 0 saturated carbocycles. The fraction of sp³-hybridized carbons (Fsp3) is 0.214. The van der Waals surface area contributed by atoms with E-state index in [0.717, 1.165) is 33.0 Å². The van der Waals surface area contributed by atoms with E-state index in [0.29, 0.717) is 34.5 Å². The van der Waals surface area contributed by atoms with E-state index in [2.05, 4.69) is 49.2 Å². The van der Waals surface area contributed by atoms with E-state index in [-0.39, 0.29) is 18.1 Å². The largest absolute Gasteiger partial charge is 0.483 e. The average Bonchev–Trinajstić information content (AvgIpc) is 2.88. The van der Waals surface area contributed by atoms with E-state index in [4.69, 9.17) is 9.72 Å². The standard InChI is InChI=1S/C28H26Br2N4O3/c1-3-4-9-26-32-24-12-10-21(30)15-22(24)28(36)34(26)31-16-19-14-20(29)11-13-25(19)37-17-27(35)33-23-8-6-5-7-18(23)2/h5-8,10-16H,3-4,9,17H2,1-2H3,(H,33,35). The molecule has 190 valence electrons. The van der Waals surface area contributed by atoms with Gasteiger partial charge in [-0.25, -0.2) is 4.98 Å². The Morgan fingerprint density at radius 2 is 1.86 bits per heavy atom. The first-order valence-electron chi connectivity index (χ1n) is 11.9. The van der Waals surface area contributed by atoms with Crippen molar-refractivity contribution in [3.8, 4) is 5.75 Å². The van der Waals surface area contributed by atoms with Crippen LogP contribution in [0.4, 0.5) is 5.69 Å². The lowest BCUT2D eigenvalue weighted by Gasteiger charge is -2.12. The van der Waals surface area contributed by atoms with Gasteiger partial charge in [-0.2, -0.15) is 9.78 Å². The first-order valence-corrected chi connectivity index (χ1v) is 13.5. The molecule has 1 N–H and O–H groups in total. The molecule has 0 saturated heterocycles. The summed E-state index contributed by atoms with van der Waals surface area (Å²) >= 11 is 6.91. The maximum absolute atomic E-state index is 13.3. The molecule has 0 spiro atoms. The summed E-state index contributed by atoms with van der Waals surface area (Å²) in [5.41, 5.74) is 2.71. The quantitative estimate of drug-likeness (QED) is 0.216. The summed E-state index contributed by atoms with van der Waals surface area (Å²) in [6.45, 7) is 3.84. The lowest BCUT2D eigenvalue weighted by atomic mass is 10.2.